The van der Waals surface area contributed by atoms with Gasteiger partial charge in [0, 0.05) is 39.0 Å². The van der Waals surface area contributed by atoms with Crippen molar-refractivity contribution >= 4 is 52.8 Å². The Morgan fingerprint density at radius 2 is 1.33 bits per heavy atom. The maximum absolute atomic E-state index is 13.4. The second-order valence-electron chi connectivity index (χ2n) is 10.1. The van der Waals surface area contributed by atoms with Gasteiger partial charge in [-0.05, 0) is 79.7 Å². The van der Waals surface area contributed by atoms with Crippen LogP contribution in [-0.2, 0) is 9.59 Å². The maximum Gasteiger partial charge on any atom is 0.272 e. The van der Waals surface area contributed by atoms with E-state index in [4.69, 9.17) is 10.2 Å². The van der Waals surface area contributed by atoms with Gasteiger partial charge >= 0.3 is 0 Å². The molecule has 0 aliphatic rings. The molecule has 230 valence electrons. The number of primary amides is 1. The molecular weight excluding hydrogens is 600 g/mol. The van der Waals surface area contributed by atoms with Crippen molar-refractivity contribution in [1.82, 2.24) is 5.32 Å². The molecule has 0 spiro atoms. The minimum absolute atomic E-state index is 0.00424. The molecule has 1 aromatic heterocycles. The van der Waals surface area contributed by atoms with Crippen molar-refractivity contribution in [2.24, 2.45) is 5.73 Å². The van der Waals surface area contributed by atoms with Crippen LogP contribution < -0.4 is 21.7 Å². The second-order valence-corrected chi connectivity index (χ2v) is 11.5. The highest BCUT2D eigenvalue weighted by molar-refractivity contribution is 8.00. The van der Waals surface area contributed by atoms with Crippen LogP contribution >= 0.6 is 11.8 Å². The third-order valence-electron chi connectivity index (χ3n) is 6.73. The molecule has 0 radical (unpaired) electrons. The van der Waals surface area contributed by atoms with Crippen LogP contribution in [0.5, 0.6) is 0 Å². The van der Waals surface area contributed by atoms with Gasteiger partial charge in [-0.15, -0.1) is 11.8 Å². The fraction of sp³-hybridized carbons (Fsp3) is 0.0556. The van der Waals surface area contributed by atoms with Gasteiger partial charge in [0.1, 0.15) is 17.2 Å². The van der Waals surface area contributed by atoms with Gasteiger partial charge in [-0.25, -0.2) is 0 Å². The minimum atomic E-state index is -0.544. The molecule has 46 heavy (non-hydrogen) atoms. The molecule has 4 aromatic carbocycles. The van der Waals surface area contributed by atoms with Crippen LogP contribution in [-0.4, -0.2) is 28.9 Å². The normalized spacial score (nSPS) is 11.7. The van der Waals surface area contributed by atoms with E-state index in [1.807, 2.05) is 30.3 Å². The van der Waals surface area contributed by atoms with Crippen LogP contribution in [0.4, 0.5) is 11.4 Å². The summed E-state index contributed by atoms with van der Waals surface area (Å²) in [6.45, 7) is 1.78. The fourth-order valence-electron chi connectivity index (χ4n) is 4.31. The summed E-state index contributed by atoms with van der Waals surface area (Å²) in [5.74, 6) is -0.734. The Bertz CT molecular complexity index is 1870. The number of carbonyl (C=O) groups is 4. The summed E-state index contributed by atoms with van der Waals surface area (Å²) < 4.78 is 5.95. The molecule has 5 aromatic rings. The first-order valence-corrected chi connectivity index (χ1v) is 15.2. The van der Waals surface area contributed by atoms with Crippen LogP contribution in [0.2, 0.25) is 0 Å². The van der Waals surface area contributed by atoms with Gasteiger partial charge in [-0.1, -0.05) is 48.5 Å². The van der Waals surface area contributed by atoms with Crippen LogP contribution in [0, 0.1) is 0 Å². The van der Waals surface area contributed by atoms with E-state index in [0.717, 1.165) is 10.5 Å². The first-order chi connectivity index (χ1) is 22.2. The molecule has 10 heteroatoms. The predicted molar refractivity (Wildman–Crippen MR) is 180 cm³/mol. The average Bonchev–Trinajstić information content (AvgIpc) is 3.55. The van der Waals surface area contributed by atoms with E-state index in [1.165, 1.54) is 17.8 Å². The van der Waals surface area contributed by atoms with Crippen molar-refractivity contribution in [3.05, 3.63) is 144 Å². The molecule has 1 heterocycles. The van der Waals surface area contributed by atoms with E-state index < -0.39 is 23.0 Å². The van der Waals surface area contributed by atoms with Crippen molar-refractivity contribution in [3.63, 3.8) is 0 Å². The number of anilines is 2. The number of nitrogens with two attached hydrogens (primary N) is 1. The highest BCUT2D eigenvalue weighted by Crippen LogP contribution is 2.27. The average molecular weight is 631 g/mol. The quantitative estimate of drug-likeness (QED) is 0.0960. The molecule has 4 amide bonds. The summed E-state index contributed by atoms with van der Waals surface area (Å²) in [5, 5.41) is 7.91. The summed E-state index contributed by atoms with van der Waals surface area (Å²) >= 11 is 1.34. The molecule has 9 nitrogen and oxygen atoms in total. The summed E-state index contributed by atoms with van der Waals surface area (Å²) in [7, 11) is 0. The summed E-state index contributed by atoms with van der Waals surface area (Å²) in [6.07, 6.45) is 1.48. The standard InChI is InChI=1S/C36H30N4O5S/c1-23(34(42)38-27-14-12-25(13-15-27)33(37)41)46-30-19-16-28(17-20-30)39-36(44)31(40-35(43)26-10-6-3-7-11-26)22-29-18-21-32(45-29)24-8-4-2-5-9-24/h2-23H,1H3,(H2,37,41)(H,38,42)(H,39,44)(H,40,43)/b31-22+/t23-/m1/s1. The van der Waals surface area contributed by atoms with Gasteiger partial charge in [-0.3, -0.25) is 19.2 Å². The molecule has 5 N–H and O–H groups in total. The lowest BCUT2D eigenvalue weighted by Gasteiger charge is -2.13. The lowest BCUT2D eigenvalue weighted by molar-refractivity contribution is -0.115. The van der Waals surface area contributed by atoms with Crippen molar-refractivity contribution in [3.8, 4) is 11.3 Å². The third kappa shape index (κ3) is 8.40. The molecule has 0 saturated carbocycles. The largest absolute Gasteiger partial charge is 0.457 e. The number of benzene rings is 4. The third-order valence-corrected chi connectivity index (χ3v) is 7.84. The van der Waals surface area contributed by atoms with Crippen LogP contribution in [0.3, 0.4) is 0 Å². The van der Waals surface area contributed by atoms with E-state index in [9.17, 15) is 19.2 Å². The monoisotopic (exact) mass is 630 g/mol. The van der Waals surface area contributed by atoms with E-state index in [2.05, 4.69) is 16.0 Å². The Morgan fingerprint density at radius 3 is 1.98 bits per heavy atom. The smallest absolute Gasteiger partial charge is 0.272 e. The van der Waals surface area contributed by atoms with Gasteiger partial charge in [0.15, 0.2) is 0 Å². The zero-order valence-electron chi connectivity index (χ0n) is 24.7. The number of amides is 4. The van der Waals surface area contributed by atoms with Gasteiger partial charge < -0.3 is 26.1 Å². The van der Waals surface area contributed by atoms with Crippen molar-refractivity contribution < 1.29 is 23.6 Å². The molecular formula is C36H30N4O5S. The minimum Gasteiger partial charge on any atom is -0.457 e. The van der Waals surface area contributed by atoms with Gasteiger partial charge in [0.05, 0.1) is 5.25 Å². The number of carbonyl (C=O) groups excluding carboxylic acids is 4. The molecule has 0 fully saturated rings. The Labute approximate surface area is 269 Å². The summed E-state index contributed by atoms with van der Waals surface area (Å²) in [4.78, 5) is 51.2. The van der Waals surface area contributed by atoms with Crippen LogP contribution in [0.15, 0.2) is 136 Å². The Hall–Kier alpha value is -5.87. The molecule has 0 aliphatic carbocycles. The van der Waals surface area contributed by atoms with Crippen LogP contribution in [0.1, 0.15) is 33.4 Å². The first kappa shape index (κ1) is 31.6. The lowest BCUT2D eigenvalue weighted by Crippen LogP contribution is -2.30. The first-order valence-electron chi connectivity index (χ1n) is 14.3. The Morgan fingerprint density at radius 1 is 0.717 bits per heavy atom. The van der Waals surface area contributed by atoms with Crippen molar-refractivity contribution in [1.29, 1.82) is 0 Å². The topological polar surface area (TPSA) is 144 Å². The lowest BCUT2D eigenvalue weighted by atomic mass is 10.2. The van der Waals surface area contributed by atoms with E-state index in [1.54, 1.807) is 97.9 Å². The molecule has 5 rings (SSSR count). The number of hydrogen-bond donors (Lipinski definition) is 4. The number of hydrogen-bond acceptors (Lipinski definition) is 6. The Balaban J connectivity index is 1.26. The number of thioether (sulfide) groups is 1. The number of furan rings is 1. The molecule has 0 aliphatic heterocycles. The van der Waals surface area contributed by atoms with Gasteiger partial charge in [0.25, 0.3) is 11.8 Å². The zero-order chi connectivity index (χ0) is 32.5. The van der Waals surface area contributed by atoms with E-state index in [0.29, 0.717) is 34.0 Å². The second kappa shape index (κ2) is 14.7. The van der Waals surface area contributed by atoms with E-state index >= 15 is 0 Å². The molecule has 1 atom stereocenters. The maximum atomic E-state index is 13.4. The highest BCUT2D eigenvalue weighted by atomic mass is 32.2. The van der Waals surface area contributed by atoms with Crippen molar-refractivity contribution in [2.75, 3.05) is 10.6 Å². The molecule has 0 saturated heterocycles. The summed E-state index contributed by atoms with van der Waals surface area (Å²) in [5.41, 5.74) is 7.93. The van der Waals surface area contributed by atoms with Gasteiger partial charge in [-0.2, -0.15) is 0 Å². The predicted octanol–water partition coefficient (Wildman–Crippen LogP) is 6.57. The Kier molecular flexibility index (Phi) is 10.1. The van der Waals surface area contributed by atoms with Crippen molar-refractivity contribution in [2.45, 2.75) is 17.1 Å². The SMILES string of the molecule is C[C@@H](Sc1ccc(NC(=O)/C(=C\c2ccc(-c3ccccc3)o2)NC(=O)c2ccccc2)cc1)C(=O)Nc1ccc(C(N)=O)cc1. The van der Waals surface area contributed by atoms with Crippen LogP contribution in [0.25, 0.3) is 17.4 Å². The molecule has 0 unspecified atom stereocenters. The molecule has 0 bridgehead atoms. The van der Waals surface area contributed by atoms with Gasteiger partial charge in [0.2, 0.25) is 11.8 Å². The highest BCUT2D eigenvalue weighted by Gasteiger charge is 2.18. The van der Waals surface area contributed by atoms with E-state index in [-0.39, 0.29) is 11.6 Å². The summed E-state index contributed by atoms with van der Waals surface area (Å²) in [6, 6.07) is 35.0. The number of rotatable bonds is 11. The fourth-order valence-corrected chi connectivity index (χ4v) is 5.17. The number of nitrogens with one attached hydrogen (secondary N) is 3. The zero-order valence-corrected chi connectivity index (χ0v) is 25.5.